The number of hydrogen-bond acceptors (Lipinski definition) is 3. The Bertz CT molecular complexity index is 1370. The van der Waals surface area contributed by atoms with Crippen molar-refractivity contribution in [3.63, 3.8) is 0 Å². The van der Waals surface area contributed by atoms with E-state index in [1.807, 2.05) is 24.4 Å². The van der Waals surface area contributed by atoms with E-state index in [2.05, 4.69) is 36.4 Å². The van der Waals surface area contributed by atoms with Crippen molar-refractivity contribution >= 4 is 28.3 Å². The second kappa shape index (κ2) is 11.5. The number of carbonyl (C=O) groups is 1. The molecule has 3 N–H and O–H groups in total. The standard InChI is InChI=1S/C28H28FNO4.Na.H/c1-17(2)27-24(12-11-21(31)15-22(32)16-25(33)34)26(19-7-9-20(29)10-8-19)28-23-6-4-3-5-18(23)13-14-30(27)28;;/h3-14,17,21-22,31-32H,15-16H2,1-2H3,(H,33,34);;/q;+1;-1/b12-11+;;. The zero-order chi connectivity index (χ0) is 24.4. The summed E-state index contributed by atoms with van der Waals surface area (Å²) < 4.78 is 15.9. The van der Waals surface area contributed by atoms with E-state index < -0.39 is 24.6 Å². The van der Waals surface area contributed by atoms with Crippen LogP contribution in [0.1, 0.15) is 45.3 Å². The quantitative estimate of drug-likeness (QED) is 0.335. The van der Waals surface area contributed by atoms with E-state index in [9.17, 15) is 19.4 Å². The van der Waals surface area contributed by atoms with Crippen LogP contribution in [-0.4, -0.2) is 37.9 Å². The number of rotatable bonds is 8. The minimum atomic E-state index is -1.14. The smallest absolute Gasteiger partial charge is 1.00 e. The van der Waals surface area contributed by atoms with E-state index in [0.717, 1.165) is 38.7 Å². The van der Waals surface area contributed by atoms with Crippen molar-refractivity contribution in [3.8, 4) is 11.1 Å². The van der Waals surface area contributed by atoms with Gasteiger partial charge in [-0.3, -0.25) is 4.79 Å². The molecule has 2 atom stereocenters. The Morgan fingerprint density at radius 2 is 1.77 bits per heavy atom. The minimum Gasteiger partial charge on any atom is -1.00 e. The number of fused-ring (bicyclic) bond motifs is 3. The third kappa shape index (κ3) is 5.85. The van der Waals surface area contributed by atoms with Crippen molar-refractivity contribution in [2.45, 2.75) is 44.8 Å². The molecule has 0 aliphatic heterocycles. The van der Waals surface area contributed by atoms with Gasteiger partial charge in [0.05, 0.1) is 24.1 Å². The molecule has 2 aromatic carbocycles. The number of aliphatic hydroxyl groups excluding tert-OH is 2. The molecule has 0 radical (unpaired) electrons. The average molecular weight is 486 g/mol. The molecule has 4 rings (SSSR count). The topological polar surface area (TPSA) is 82.2 Å². The summed E-state index contributed by atoms with van der Waals surface area (Å²) in [6.07, 6.45) is 2.78. The number of benzene rings is 2. The number of halogens is 1. The zero-order valence-corrected chi connectivity index (χ0v) is 22.1. The van der Waals surface area contributed by atoms with Crippen LogP contribution in [0.2, 0.25) is 0 Å². The summed E-state index contributed by atoms with van der Waals surface area (Å²) in [5, 5.41) is 31.4. The monoisotopic (exact) mass is 485 g/mol. The van der Waals surface area contributed by atoms with Crippen molar-refractivity contribution in [1.29, 1.82) is 0 Å². The number of carboxylic acid groups (broad SMARTS) is 1. The first-order chi connectivity index (χ1) is 16.3. The van der Waals surface area contributed by atoms with Gasteiger partial charge in [-0.05, 0) is 35.1 Å². The molecule has 5 nitrogen and oxygen atoms in total. The van der Waals surface area contributed by atoms with Gasteiger partial charge in [0.2, 0.25) is 0 Å². The van der Waals surface area contributed by atoms with Crippen LogP contribution in [0, 0.1) is 5.82 Å². The molecule has 0 bridgehead atoms. The molecule has 0 amide bonds. The minimum absolute atomic E-state index is 0. The Morgan fingerprint density at radius 1 is 1.09 bits per heavy atom. The first-order valence-corrected chi connectivity index (χ1v) is 11.3. The predicted molar refractivity (Wildman–Crippen MR) is 133 cm³/mol. The predicted octanol–water partition coefficient (Wildman–Crippen LogP) is 2.74. The molecule has 2 heterocycles. The zero-order valence-electron chi connectivity index (χ0n) is 21.1. The van der Waals surface area contributed by atoms with Crippen LogP contribution >= 0.6 is 0 Å². The van der Waals surface area contributed by atoms with Gasteiger partial charge >= 0.3 is 35.5 Å². The van der Waals surface area contributed by atoms with Gasteiger partial charge in [0.1, 0.15) is 5.82 Å². The Labute approximate surface area is 227 Å². The second-order valence-corrected chi connectivity index (χ2v) is 8.87. The van der Waals surface area contributed by atoms with E-state index in [1.165, 1.54) is 12.1 Å². The van der Waals surface area contributed by atoms with Crippen molar-refractivity contribution in [3.05, 3.63) is 83.9 Å². The molecule has 0 fully saturated rings. The van der Waals surface area contributed by atoms with Crippen LogP contribution in [0.4, 0.5) is 4.39 Å². The Balaban J connectivity index is 0.00000228. The number of carboxylic acids is 1. The van der Waals surface area contributed by atoms with Crippen LogP contribution in [0.15, 0.2) is 66.9 Å². The summed E-state index contributed by atoms with van der Waals surface area (Å²) in [5.74, 6) is -1.30. The Kier molecular flexibility index (Phi) is 8.91. The van der Waals surface area contributed by atoms with Crippen LogP contribution in [-0.2, 0) is 4.79 Å². The fourth-order valence-corrected chi connectivity index (χ4v) is 4.57. The van der Waals surface area contributed by atoms with Gasteiger partial charge < -0.3 is 21.1 Å². The summed E-state index contributed by atoms with van der Waals surface area (Å²) in [6, 6.07) is 16.5. The average Bonchev–Trinajstić information content (AvgIpc) is 3.12. The van der Waals surface area contributed by atoms with E-state index in [-0.39, 0.29) is 49.1 Å². The maximum atomic E-state index is 13.8. The maximum Gasteiger partial charge on any atom is 1.00 e. The molecule has 0 spiro atoms. The molecule has 2 aromatic heterocycles. The van der Waals surface area contributed by atoms with Crippen molar-refractivity contribution in [1.82, 2.24) is 4.40 Å². The summed E-state index contributed by atoms with van der Waals surface area (Å²) in [6.45, 7) is 4.19. The third-order valence-electron chi connectivity index (χ3n) is 5.99. The van der Waals surface area contributed by atoms with E-state index in [1.54, 1.807) is 18.2 Å². The third-order valence-corrected chi connectivity index (χ3v) is 5.99. The molecule has 2 unspecified atom stereocenters. The molecular formula is C28H29FNNaO4. The number of aliphatic hydroxyl groups is 2. The van der Waals surface area contributed by atoms with Gasteiger partial charge in [-0.15, -0.1) is 0 Å². The van der Waals surface area contributed by atoms with Gasteiger partial charge in [-0.2, -0.15) is 0 Å². The van der Waals surface area contributed by atoms with Gasteiger partial charge in [-0.25, -0.2) is 4.39 Å². The molecule has 0 aliphatic carbocycles. The van der Waals surface area contributed by atoms with E-state index in [0.29, 0.717) is 0 Å². The molecule has 0 saturated heterocycles. The number of aromatic nitrogens is 1. The summed E-state index contributed by atoms with van der Waals surface area (Å²) in [5.41, 5.74) is 4.70. The maximum absolute atomic E-state index is 13.8. The number of pyridine rings is 1. The SMILES string of the molecule is CC(C)c1c(/C=C/C(O)CC(O)CC(=O)O)c(-c2ccc(F)cc2)c2c3ccccc3ccn12.[H-].[Na+]. The van der Waals surface area contributed by atoms with Crippen LogP contribution in [0.25, 0.3) is 33.5 Å². The van der Waals surface area contributed by atoms with Gasteiger partial charge in [-0.1, -0.05) is 62.4 Å². The molecule has 35 heavy (non-hydrogen) atoms. The summed E-state index contributed by atoms with van der Waals surface area (Å²) in [4.78, 5) is 10.8. The summed E-state index contributed by atoms with van der Waals surface area (Å²) >= 11 is 0. The molecule has 178 valence electrons. The Hall–Kier alpha value is -2.48. The molecule has 0 aliphatic rings. The fourth-order valence-electron chi connectivity index (χ4n) is 4.57. The Morgan fingerprint density at radius 3 is 2.43 bits per heavy atom. The molecule has 4 aromatic rings. The van der Waals surface area contributed by atoms with E-state index >= 15 is 0 Å². The molecular weight excluding hydrogens is 456 g/mol. The fraction of sp³-hybridized carbons (Fsp3) is 0.250. The van der Waals surface area contributed by atoms with Gasteiger partial charge in [0, 0.05) is 34.8 Å². The number of nitrogens with zero attached hydrogens (tertiary/aromatic N) is 1. The first kappa shape index (κ1) is 27.1. The number of aliphatic carboxylic acids is 1. The second-order valence-electron chi connectivity index (χ2n) is 8.87. The molecule has 0 saturated carbocycles. The van der Waals surface area contributed by atoms with Crippen molar-refractivity contribution in [2.75, 3.05) is 0 Å². The molecule has 7 heteroatoms. The van der Waals surface area contributed by atoms with Crippen molar-refractivity contribution < 1.29 is 55.5 Å². The van der Waals surface area contributed by atoms with Crippen LogP contribution < -0.4 is 29.6 Å². The number of hydrogen-bond donors (Lipinski definition) is 3. The van der Waals surface area contributed by atoms with Gasteiger partial charge in [0.15, 0.2) is 0 Å². The van der Waals surface area contributed by atoms with Crippen LogP contribution in [0.3, 0.4) is 0 Å². The van der Waals surface area contributed by atoms with Gasteiger partial charge in [0.25, 0.3) is 0 Å². The normalized spacial score (nSPS) is 13.4. The first-order valence-electron chi connectivity index (χ1n) is 11.3. The van der Waals surface area contributed by atoms with E-state index in [4.69, 9.17) is 5.11 Å². The van der Waals surface area contributed by atoms with Crippen LogP contribution in [0.5, 0.6) is 0 Å². The largest absolute Gasteiger partial charge is 1.00 e. The van der Waals surface area contributed by atoms with Crippen molar-refractivity contribution in [2.24, 2.45) is 0 Å². The summed E-state index contributed by atoms with van der Waals surface area (Å²) in [7, 11) is 0.